The van der Waals surface area contributed by atoms with Gasteiger partial charge in [0.2, 0.25) is 11.8 Å². The van der Waals surface area contributed by atoms with E-state index in [0.29, 0.717) is 75.5 Å². The summed E-state index contributed by atoms with van der Waals surface area (Å²) in [6.07, 6.45) is 9.36. The smallest absolute Gasteiger partial charge is 0.318 e. The quantitative estimate of drug-likeness (QED) is 0.274. The number of benzene rings is 1. The molecule has 2 saturated heterocycles. The Morgan fingerprint density at radius 3 is 2.69 bits per heavy atom. The molecule has 11 nitrogen and oxygen atoms in total. The minimum absolute atomic E-state index is 0.0227. The van der Waals surface area contributed by atoms with Gasteiger partial charge in [0.05, 0.1) is 48.8 Å². The first-order chi connectivity index (χ1) is 23.3. The van der Waals surface area contributed by atoms with E-state index in [2.05, 4.69) is 34.4 Å². The topological polar surface area (TPSA) is 109 Å². The Morgan fingerprint density at radius 1 is 1.06 bits per heavy atom. The average molecular weight is 659 g/mol. The normalized spacial score (nSPS) is 21.4. The molecule has 0 bridgehead atoms. The predicted octanol–water partition coefficient (Wildman–Crippen LogP) is 4.24. The second kappa shape index (κ2) is 14.9. The van der Waals surface area contributed by atoms with Gasteiger partial charge in [-0.15, -0.1) is 0 Å². The van der Waals surface area contributed by atoms with Crippen molar-refractivity contribution in [2.75, 3.05) is 68.1 Å². The molecule has 4 aliphatic rings. The van der Waals surface area contributed by atoms with Crippen LogP contribution in [0.2, 0.25) is 0 Å². The van der Waals surface area contributed by atoms with Crippen LogP contribution in [-0.2, 0) is 29.0 Å². The molecule has 1 aromatic carbocycles. The third-order valence-electron chi connectivity index (χ3n) is 10.5. The van der Waals surface area contributed by atoms with E-state index in [0.717, 1.165) is 54.9 Å². The van der Waals surface area contributed by atoms with Crippen LogP contribution in [-0.4, -0.2) is 97.1 Å². The standard InChI is InChI=1S/C36H47FN8O3/c1-4-32(46)45-21-20-44(23-26(45)16-17-38)35-28-11-8-19-43(31-14-13-29(37)27-12-15-33(47)42(3)34(27)31)24-30(28)39-36(40-35)48-22-6-5-9-25-10-7-18-41(25)2/h4,13-14,25-26H,1,5-12,15-16,18-24H2,2-3H3/t25-,26+/m1/s1. The number of unbranched alkanes of at least 4 members (excludes halogenated alkanes) is 1. The molecule has 4 aliphatic heterocycles. The van der Waals surface area contributed by atoms with E-state index in [1.165, 1.54) is 31.5 Å². The van der Waals surface area contributed by atoms with Gasteiger partial charge in [-0.3, -0.25) is 9.59 Å². The lowest BCUT2D eigenvalue weighted by Gasteiger charge is -2.41. The van der Waals surface area contributed by atoms with Crippen molar-refractivity contribution < 1.29 is 18.7 Å². The molecule has 2 aromatic rings. The van der Waals surface area contributed by atoms with Crippen molar-refractivity contribution in [2.45, 2.75) is 82.8 Å². The number of rotatable bonds is 10. The SMILES string of the molecule is C=CC(=O)N1CCN(c2nc(OCCCC[C@@H]3CCCN3C)nc3c2CCCN(c2ccc(F)c4c2N(C)C(=O)CC4)C3)C[C@@H]1CC#N. The minimum atomic E-state index is -0.293. The van der Waals surface area contributed by atoms with Crippen LogP contribution >= 0.6 is 0 Å². The number of hydrogen-bond acceptors (Lipinski definition) is 9. The van der Waals surface area contributed by atoms with Crippen LogP contribution in [0.1, 0.15) is 68.2 Å². The highest BCUT2D eigenvalue weighted by Crippen LogP contribution is 2.40. The molecule has 256 valence electrons. The first-order valence-electron chi connectivity index (χ1n) is 17.4. The zero-order valence-corrected chi connectivity index (χ0v) is 28.3. The summed E-state index contributed by atoms with van der Waals surface area (Å²) in [4.78, 5) is 45.4. The lowest BCUT2D eigenvalue weighted by Crippen LogP contribution is -2.55. The van der Waals surface area contributed by atoms with Crippen molar-refractivity contribution in [3.8, 4) is 12.1 Å². The summed E-state index contributed by atoms with van der Waals surface area (Å²) in [6.45, 7) is 7.95. The number of amides is 2. The van der Waals surface area contributed by atoms with Crippen LogP contribution in [0.15, 0.2) is 24.8 Å². The largest absolute Gasteiger partial charge is 0.463 e. The average Bonchev–Trinajstić information content (AvgIpc) is 3.37. The van der Waals surface area contributed by atoms with E-state index in [1.54, 1.807) is 22.9 Å². The Kier molecular flexibility index (Phi) is 10.4. The molecule has 0 saturated carbocycles. The molecule has 2 fully saturated rings. The van der Waals surface area contributed by atoms with E-state index in [1.807, 2.05) is 0 Å². The highest BCUT2D eigenvalue weighted by molar-refractivity contribution is 5.99. The van der Waals surface area contributed by atoms with Gasteiger partial charge in [0, 0.05) is 56.8 Å². The van der Waals surface area contributed by atoms with Crippen LogP contribution in [0.3, 0.4) is 0 Å². The Labute approximate surface area is 282 Å². The highest BCUT2D eigenvalue weighted by atomic mass is 19.1. The number of halogens is 1. The second-order valence-corrected chi connectivity index (χ2v) is 13.4. The number of ether oxygens (including phenoxy) is 1. The Hall–Kier alpha value is -4.24. The molecule has 0 aliphatic carbocycles. The Balaban J connectivity index is 1.29. The lowest BCUT2D eigenvalue weighted by molar-refractivity contribution is -0.128. The van der Waals surface area contributed by atoms with Gasteiger partial charge in [0.1, 0.15) is 11.6 Å². The van der Waals surface area contributed by atoms with Crippen molar-refractivity contribution in [1.29, 1.82) is 5.26 Å². The van der Waals surface area contributed by atoms with Crippen LogP contribution in [0.25, 0.3) is 0 Å². The minimum Gasteiger partial charge on any atom is -0.463 e. The van der Waals surface area contributed by atoms with Crippen molar-refractivity contribution >= 4 is 29.0 Å². The van der Waals surface area contributed by atoms with Gasteiger partial charge in [0.15, 0.2) is 0 Å². The zero-order valence-electron chi connectivity index (χ0n) is 28.3. The first kappa shape index (κ1) is 33.7. The lowest BCUT2D eigenvalue weighted by atomic mass is 9.99. The van der Waals surface area contributed by atoms with Gasteiger partial charge in [0.25, 0.3) is 0 Å². The van der Waals surface area contributed by atoms with E-state index in [4.69, 9.17) is 14.7 Å². The molecule has 0 radical (unpaired) electrons. The molecule has 2 amide bonds. The van der Waals surface area contributed by atoms with Crippen LogP contribution < -0.4 is 19.4 Å². The van der Waals surface area contributed by atoms with E-state index < -0.39 is 0 Å². The molecular weight excluding hydrogens is 611 g/mol. The van der Waals surface area contributed by atoms with Crippen molar-refractivity contribution in [3.63, 3.8) is 0 Å². The molecule has 5 heterocycles. The number of fused-ring (bicyclic) bond motifs is 2. The van der Waals surface area contributed by atoms with E-state index in [-0.39, 0.29) is 30.1 Å². The fourth-order valence-corrected chi connectivity index (χ4v) is 7.84. The number of nitriles is 1. The fourth-order valence-electron chi connectivity index (χ4n) is 7.84. The number of anilines is 3. The Bertz CT molecular complexity index is 1580. The predicted molar refractivity (Wildman–Crippen MR) is 183 cm³/mol. The van der Waals surface area contributed by atoms with Gasteiger partial charge >= 0.3 is 6.01 Å². The summed E-state index contributed by atoms with van der Waals surface area (Å²) in [7, 11) is 3.93. The second-order valence-electron chi connectivity index (χ2n) is 13.4. The third-order valence-corrected chi connectivity index (χ3v) is 10.5. The van der Waals surface area contributed by atoms with Crippen molar-refractivity contribution in [1.82, 2.24) is 19.8 Å². The summed E-state index contributed by atoms with van der Waals surface area (Å²) in [5.74, 6) is 0.298. The molecular formula is C36H47FN8O3. The number of carbonyl (C=O) groups excluding carboxylic acids is 2. The fraction of sp³-hybridized carbons (Fsp3) is 0.583. The maximum absolute atomic E-state index is 15.0. The molecule has 0 unspecified atom stereocenters. The summed E-state index contributed by atoms with van der Waals surface area (Å²) < 4.78 is 21.2. The summed E-state index contributed by atoms with van der Waals surface area (Å²) in [6, 6.07) is 6.20. The van der Waals surface area contributed by atoms with Gasteiger partial charge in [-0.25, -0.2) is 4.39 Å². The van der Waals surface area contributed by atoms with Gasteiger partial charge in [-0.05, 0) is 83.2 Å². The maximum Gasteiger partial charge on any atom is 0.318 e. The van der Waals surface area contributed by atoms with E-state index >= 15 is 0 Å². The molecule has 0 spiro atoms. The van der Waals surface area contributed by atoms with Crippen molar-refractivity contribution in [3.05, 3.63) is 47.4 Å². The summed E-state index contributed by atoms with van der Waals surface area (Å²) in [5, 5.41) is 9.59. The number of piperazine rings is 1. The number of nitrogens with zero attached hydrogens (tertiary/aromatic N) is 8. The molecule has 2 atom stereocenters. The number of carbonyl (C=O) groups is 2. The zero-order chi connectivity index (χ0) is 33.8. The number of likely N-dealkylation sites (tertiary alicyclic amines) is 1. The van der Waals surface area contributed by atoms with Crippen LogP contribution in [0.5, 0.6) is 6.01 Å². The molecule has 6 rings (SSSR count). The summed E-state index contributed by atoms with van der Waals surface area (Å²) in [5.41, 5.74) is 3.89. The maximum atomic E-state index is 15.0. The third kappa shape index (κ3) is 6.97. The summed E-state index contributed by atoms with van der Waals surface area (Å²) >= 11 is 0. The molecule has 0 N–H and O–H groups in total. The number of hydrogen-bond donors (Lipinski definition) is 0. The first-order valence-corrected chi connectivity index (χ1v) is 17.4. The van der Waals surface area contributed by atoms with Crippen LogP contribution in [0, 0.1) is 17.1 Å². The number of aromatic nitrogens is 2. The Morgan fingerprint density at radius 2 is 1.92 bits per heavy atom. The molecule has 1 aromatic heterocycles. The monoisotopic (exact) mass is 658 g/mol. The van der Waals surface area contributed by atoms with Crippen LogP contribution in [0.4, 0.5) is 21.6 Å². The molecule has 48 heavy (non-hydrogen) atoms. The highest BCUT2D eigenvalue weighted by Gasteiger charge is 2.34. The van der Waals surface area contributed by atoms with E-state index in [9.17, 15) is 19.2 Å². The van der Waals surface area contributed by atoms with Gasteiger partial charge in [-0.2, -0.15) is 15.2 Å². The molecule has 12 heteroatoms. The van der Waals surface area contributed by atoms with Gasteiger partial charge in [-0.1, -0.05) is 6.58 Å². The van der Waals surface area contributed by atoms with Gasteiger partial charge < -0.3 is 29.2 Å². The van der Waals surface area contributed by atoms with Crippen molar-refractivity contribution in [2.24, 2.45) is 0 Å².